The van der Waals surface area contributed by atoms with E-state index in [1.54, 1.807) is 6.20 Å². The van der Waals surface area contributed by atoms with Gasteiger partial charge in [-0.25, -0.2) is 0 Å². The third-order valence-corrected chi connectivity index (χ3v) is 3.45. The summed E-state index contributed by atoms with van der Waals surface area (Å²) in [6.07, 6.45) is 1.76. The van der Waals surface area contributed by atoms with Crippen LogP contribution >= 0.6 is 22.6 Å². The van der Waals surface area contributed by atoms with Crippen LogP contribution in [-0.4, -0.2) is 10.2 Å². The summed E-state index contributed by atoms with van der Waals surface area (Å²) in [4.78, 5) is 0. The summed E-state index contributed by atoms with van der Waals surface area (Å²) in [5.74, 6) is 0. The summed E-state index contributed by atoms with van der Waals surface area (Å²) in [5.41, 5.74) is 9.60. The number of fused-ring (bicyclic) bond motifs is 1. The topological polar surface area (TPSA) is 66.7 Å². The van der Waals surface area contributed by atoms with Crippen molar-refractivity contribution < 1.29 is 0 Å². The first-order chi connectivity index (χ1) is 8.72. The fourth-order valence-corrected chi connectivity index (χ4v) is 2.17. The van der Waals surface area contributed by atoms with Crippen molar-refractivity contribution in [2.75, 3.05) is 11.1 Å². The normalized spacial score (nSPS) is 10.7. The maximum Gasteiger partial charge on any atom is 0.0672 e. The molecule has 0 aliphatic heterocycles. The van der Waals surface area contributed by atoms with E-state index in [2.05, 4.69) is 38.1 Å². The summed E-state index contributed by atoms with van der Waals surface area (Å²) in [6.45, 7) is 0. The van der Waals surface area contributed by atoms with E-state index in [0.717, 1.165) is 22.3 Å². The van der Waals surface area contributed by atoms with Crippen molar-refractivity contribution in [3.63, 3.8) is 0 Å². The zero-order valence-electron chi connectivity index (χ0n) is 9.44. The second kappa shape index (κ2) is 4.49. The summed E-state index contributed by atoms with van der Waals surface area (Å²) in [6, 6.07) is 12.0. The Balaban J connectivity index is 1.98. The molecule has 0 radical (unpaired) electrons. The van der Waals surface area contributed by atoms with Gasteiger partial charge >= 0.3 is 0 Å². The van der Waals surface area contributed by atoms with Gasteiger partial charge in [0.15, 0.2) is 0 Å². The van der Waals surface area contributed by atoms with Crippen LogP contribution in [0.3, 0.4) is 0 Å². The number of nitrogens with one attached hydrogen (secondary N) is 2. The lowest BCUT2D eigenvalue weighted by Gasteiger charge is -2.09. The molecule has 4 N–H and O–H groups in total. The highest BCUT2D eigenvalue weighted by Gasteiger charge is 2.04. The number of H-pyrrole nitrogens is 1. The highest BCUT2D eigenvalue weighted by Crippen LogP contribution is 2.27. The third-order valence-electron chi connectivity index (χ3n) is 2.73. The van der Waals surface area contributed by atoms with Crippen LogP contribution in [0.25, 0.3) is 10.9 Å². The molecule has 0 bridgehead atoms. The summed E-state index contributed by atoms with van der Waals surface area (Å²) < 4.78 is 1.20. The van der Waals surface area contributed by atoms with E-state index in [9.17, 15) is 0 Å². The Morgan fingerprint density at radius 3 is 2.72 bits per heavy atom. The van der Waals surface area contributed by atoms with Gasteiger partial charge in [-0.1, -0.05) is 0 Å². The molecule has 2 aromatic carbocycles. The zero-order chi connectivity index (χ0) is 12.5. The minimum Gasteiger partial charge on any atom is -0.397 e. The molecule has 1 aromatic heterocycles. The second-order valence-corrected chi connectivity index (χ2v) is 5.27. The molecule has 0 saturated heterocycles. The largest absolute Gasteiger partial charge is 0.397 e. The van der Waals surface area contributed by atoms with Crippen LogP contribution in [0, 0.1) is 3.57 Å². The zero-order valence-corrected chi connectivity index (χ0v) is 11.6. The maximum atomic E-state index is 6.02. The van der Waals surface area contributed by atoms with Gasteiger partial charge in [0.1, 0.15) is 0 Å². The van der Waals surface area contributed by atoms with Crippen LogP contribution in [0.5, 0.6) is 0 Å². The number of nitrogens with zero attached hydrogens (tertiary/aromatic N) is 1. The molecule has 0 saturated carbocycles. The first kappa shape index (κ1) is 11.3. The summed E-state index contributed by atoms with van der Waals surface area (Å²) in [5, 5.41) is 11.2. The van der Waals surface area contributed by atoms with Crippen LogP contribution in [0.15, 0.2) is 42.6 Å². The molecule has 0 aliphatic rings. The fraction of sp³-hybridized carbons (Fsp3) is 0. The van der Waals surface area contributed by atoms with Crippen LogP contribution < -0.4 is 11.1 Å². The average Bonchev–Trinajstić information content (AvgIpc) is 2.79. The molecule has 0 fully saturated rings. The number of nitrogens with two attached hydrogens (primary N) is 1. The second-order valence-electron chi connectivity index (χ2n) is 4.03. The smallest absolute Gasteiger partial charge is 0.0672 e. The van der Waals surface area contributed by atoms with Gasteiger partial charge in [0, 0.05) is 14.6 Å². The van der Waals surface area contributed by atoms with E-state index in [-0.39, 0.29) is 0 Å². The first-order valence-corrected chi connectivity index (χ1v) is 6.55. The number of halogens is 1. The molecule has 18 heavy (non-hydrogen) atoms. The standard InChI is InChI=1S/C13H11IN4/c14-9-1-3-10(4-2-9)17-13-6-12-8(5-11(13)15)7-16-18-12/h1-7,17H,15H2,(H,16,18). The van der Waals surface area contributed by atoms with Crippen LogP contribution in [0.4, 0.5) is 17.1 Å². The van der Waals surface area contributed by atoms with Gasteiger partial charge < -0.3 is 11.1 Å². The lowest BCUT2D eigenvalue weighted by Crippen LogP contribution is -1.96. The van der Waals surface area contributed by atoms with E-state index in [1.165, 1.54) is 3.57 Å². The van der Waals surface area contributed by atoms with Crippen molar-refractivity contribution >= 4 is 50.6 Å². The molecule has 0 spiro atoms. The number of aromatic amines is 1. The van der Waals surface area contributed by atoms with Crippen molar-refractivity contribution in [2.24, 2.45) is 0 Å². The summed E-state index contributed by atoms with van der Waals surface area (Å²) in [7, 11) is 0. The van der Waals surface area contributed by atoms with Gasteiger partial charge in [-0.2, -0.15) is 5.10 Å². The number of nitrogen functional groups attached to an aromatic ring is 1. The molecule has 0 unspecified atom stereocenters. The average molecular weight is 350 g/mol. The number of aromatic nitrogens is 2. The maximum absolute atomic E-state index is 6.02. The lowest BCUT2D eigenvalue weighted by atomic mass is 10.2. The quantitative estimate of drug-likeness (QED) is 0.490. The molecular weight excluding hydrogens is 339 g/mol. The Morgan fingerprint density at radius 2 is 1.94 bits per heavy atom. The van der Waals surface area contributed by atoms with Crippen LogP contribution in [-0.2, 0) is 0 Å². The molecule has 0 aliphatic carbocycles. The van der Waals surface area contributed by atoms with Crippen molar-refractivity contribution in [1.82, 2.24) is 10.2 Å². The SMILES string of the molecule is Nc1cc2cn[nH]c2cc1Nc1ccc(I)cc1. The number of hydrogen-bond acceptors (Lipinski definition) is 3. The number of anilines is 3. The van der Waals surface area contributed by atoms with Gasteiger partial charge in [0.25, 0.3) is 0 Å². The number of rotatable bonds is 2. The molecule has 90 valence electrons. The molecule has 0 amide bonds. The Kier molecular flexibility index (Phi) is 2.83. The lowest BCUT2D eigenvalue weighted by molar-refractivity contribution is 1.12. The minimum absolute atomic E-state index is 0.711. The van der Waals surface area contributed by atoms with Crippen molar-refractivity contribution in [1.29, 1.82) is 0 Å². The van der Waals surface area contributed by atoms with E-state index >= 15 is 0 Å². The molecule has 0 atom stereocenters. The van der Waals surface area contributed by atoms with E-state index < -0.39 is 0 Å². The highest BCUT2D eigenvalue weighted by molar-refractivity contribution is 14.1. The summed E-state index contributed by atoms with van der Waals surface area (Å²) >= 11 is 2.28. The molecule has 1 heterocycles. The predicted molar refractivity (Wildman–Crippen MR) is 82.9 cm³/mol. The molecule has 3 aromatic rings. The van der Waals surface area contributed by atoms with E-state index in [0.29, 0.717) is 5.69 Å². The van der Waals surface area contributed by atoms with E-state index in [4.69, 9.17) is 5.73 Å². The highest BCUT2D eigenvalue weighted by atomic mass is 127. The number of benzene rings is 2. The van der Waals surface area contributed by atoms with Crippen molar-refractivity contribution in [3.8, 4) is 0 Å². The molecular formula is C13H11IN4. The Morgan fingerprint density at radius 1 is 1.17 bits per heavy atom. The minimum atomic E-state index is 0.711. The Labute approximate surface area is 118 Å². The van der Waals surface area contributed by atoms with Gasteiger partial charge in [-0.15, -0.1) is 0 Å². The van der Waals surface area contributed by atoms with E-state index in [1.807, 2.05) is 36.4 Å². The predicted octanol–water partition coefficient (Wildman–Crippen LogP) is 3.49. The monoisotopic (exact) mass is 350 g/mol. The number of hydrogen-bond donors (Lipinski definition) is 3. The molecule has 4 nitrogen and oxygen atoms in total. The van der Waals surface area contributed by atoms with Crippen molar-refractivity contribution in [2.45, 2.75) is 0 Å². The fourth-order valence-electron chi connectivity index (χ4n) is 1.81. The molecule has 3 rings (SSSR count). The van der Waals surface area contributed by atoms with Gasteiger partial charge in [-0.3, -0.25) is 5.10 Å². The van der Waals surface area contributed by atoms with Gasteiger partial charge in [-0.05, 0) is 59.0 Å². The third kappa shape index (κ3) is 2.13. The Hall–Kier alpha value is -1.76. The van der Waals surface area contributed by atoms with Crippen molar-refractivity contribution in [3.05, 3.63) is 46.2 Å². The van der Waals surface area contributed by atoms with Crippen LogP contribution in [0.2, 0.25) is 0 Å². The first-order valence-electron chi connectivity index (χ1n) is 5.47. The van der Waals surface area contributed by atoms with Crippen LogP contribution in [0.1, 0.15) is 0 Å². The van der Waals surface area contributed by atoms with Gasteiger partial charge in [0.2, 0.25) is 0 Å². The Bertz CT molecular complexity index is 688. The molecule has 5 heteroatoms. The van der Waals surface area contributed by atoms with Gasteiger partial charge in [0.05, 0.1) is 23.1 Å².